The van der Waals surface area contributed by atoms with Crippen LogP contribution in [0.1, 0.15) is 5.56 Å². The molecule has 0 spiro atoms. The third-order valence-corrected chi connectivity index (χ3v) is 2.55. The zero-order valence-corrected chi connectivity index (χ0v) is 10.4. The van der Waals surface area contributed by atoms with Gasteiger partial charge in [0.1, 0.15) is 16.8 Å². The van der Waals surface area contributed by atoms with E-state index in [2.05, 4.69) is 10.3 Å². The summed E-state index contributed by atoms with van der Waals surface area (Å²) in [6.07, 6.45) is 0. The van der Waals surface area contributed by atoms with E-state index in [4.69, 9.17) is 11.6 Å². The van der Waals surface area contributed by atoms with Crippen molar-refractivity contribution in [3.8, 4) is 0 Å². The molecule has 5 nitrogen and oxygen atoms in total. The van der Waals surface area contributed by atoms with Gasteiger partial charge in [-0.05, 0) is 17.7 Å². The average molecular weight is 282 g/mol. The van der Waals surface area contributed by atoms with E-state index in [9.17, 15) is 14.5 Å². The van der Waals surface area contributed by atoms with Gasteiger partial charge >= 0.3 is 0 Å². The quantitative estimate of drug-likeness (QED) is 0.530. The zero-order chi connectivity index (χ0) is 13.8. The monoisotopic (exact) mass is 281 g/mol. The van der Waals surface area contributed by atoms with E-state index in [1.165, 1.54) is 18.2 Å². The van der Waals surface area contributed by atoms with Crippen LogP contribution in [-0.4, -0.2) is 9.91 Å². The Kier molecular flexibility index (Phi) is 3.91. The van der Waals surface area contributed by atoms with Crippen LogP contribution in [0.4, 0.5) is 15.9 Å². The van der Waals surface area contributed by atoms with Gasteiger partial charge in [-0.2, -0.15) is 0 Å². The van der Waals surface area contributed by atoms with Crippen LogP contribution in [0.25, 0.3) is 0 Å². The van der Waals surface area contributed by atoms with Gasteiger partial charge in [-0.15, -0.1) is 0 Å². The SMILES string of the molecule is O=[N+]([O-])c1cc(Cl)nc(NCc2cccc(F)c2)c1. The van der Waals surface area contributed by atoms with E-state index in [1.54, 1.807) is 12.1 Å². The number of anilines is 1. The summed E-state index contributed by atoms with van der Waals surface area (Å²) in [4.78, 5) is 14.0. The highest BCUT2D eigenvalue weighted by molar-refractivity contribution is 6.29. The van der Waals surface area contributed by atoms with Gasteiger partial charge in [-0.25, -0.2) is 9.37 Å². The molecule has 0 bridgehead atoms. The number of hydrogen-bond donors (Lipinski definition) is 1. The fourth-order valence-electron chi connectivity index (χ4n) is 1.52. The summed E-state index contributed by atoms with van der Waals surface area (Å²) in [6.45, 7) is 0.294. The molecule has 2 rings (SSSR count). The number of aromatic nitrogens is 1. The molecule has 0 saturated carbocycles. The smallest absolute Gasteiger partial charge is 0.276 e. The number of hydrogen-bond acceptors (Lipinski definition) is 4. The van der Waals surface area contributed by atoms with Crippen molar-refractivity contribution in [1.29, 1.82) is 0 Å². The fraction of sp³-hybridized carbons (Fsp3) is 0.0833. The van der Waals surface area contributed by atoms with Crippen molar-refractivity contribution in [2.75, 3.05) is 5.32 Å². The molecule has 0 amide bonds. The van der Waals surface area contributed by atoms with Crippen molar-refractivity contribution >= 4 is 23.1 Å². The minimum absolute atomic E-state index is 0.0240. The number of halogens is 2. The fourth-order valence-corrected chi connectivity index (χ4v) is 1.72. The molecule has 1 heterocycles. The van der Waals surface area contributed by atoms with Crippen molar-refractivity contribution in [3.63, 3.8) is 0 Å². The molecule has 1 aromatic carbocycles. The van der Waals surface area contributed by atoms with Gasteiger partial charge in [-0.3, -0.25) is 10.1 Å². The van der Waals surface area contributed by atoms with E-state index in [0.29, 0.717) is 12.1 Å². The lowest BCUT2D eigenvalue weighted by Crippen LogP contribution is -2.02. The second kappa shape index (κ2) is 5.62. The van der Waals surface area contributed by atoms with Crippen LogP contribution in [0, 0.1) is 15.9 Å². The normalized spacial score (nSPS) is 10.2. The molecule has 0 radical (unpaired) electrons. The Bertz CT molecular complexity index is 622. The largest absolute Gasteiger partial charge is 0.366 e. The highest BCUT2D eigenvalue weighted by atomic mass is 35.5. The highest BCUT2D eigenvalue weighted by Crippen LogP contribution is 2.20. The summed E-state index contributed by atoms with van der Waals surface area (Å²) in [5, 5.41) is 13.5. The molecule has 1 aromatic heterocycles. The van der Waals surface area contributed by atoms with Crippen molar-refractivity contribution in [2.24, 2.45) is 0 Å². The molecule has 7 heteroatoms. The Morgan fingerprint density at radius 1 is 1.37 bits per heavy atom. The van der Waals surface area contributed by atoms with Crippen LogP contribution >= 0.6 is 11.6 Å². The van der Waals surface area contributed by atoms with Crippen molar-refractivity contribution < 1.29 is 9.31 Å². The van der Waals surface area contributed by atoms with Crippen molar-refractivity contribution in [1.82, 2.24) is 4.98 Å². The first-order chi connectivity index (χ1) is 9.04. The molecule has 1 N–H and O–H groups in total. The molecule has 0 aliphatic rings. The Labute approximate surface area is 113 Å². The van der Waals surface area contributed by atoms with Crippen LogP contribution in [0.15, 0.2) is 36.4 Å². The lowest BCUT2D eigenvalue weighted by molar-refractivity contribution is -0.384. The number of benzene rings is 1. The third-order valence-electron chi connectivity index (χ3n) is 2.35. The molecule has 0 aliphatic carbocycles. The van der Waals surface area contributed by atoms with Gasteiger partial charge < -0.3 is 5.32 Å². The van der Waals surface area contributed by atoms with Crippen LogP contribution in [-0.2, 0) is 6.54 Å². The molecule has 0 fully saturated rings. The summed E-state index contributed by atoms with van der Waals surface area (Å²) in [5.74, 6) is -0.0761. The maximum Gasteiger partial charge on any atom is 0.276 e. The lowest BCUT2D eigenvalue weighted by Gasteiger charge is -2.06. The minimum atomic E-state index is -0.555. The molecule has 19 heavy (non-hydrogen) atoms. The van der Waals surface area contributed by atoms with Crippen LogP contribution in [0.3, 0.4) is 0 Å². The summed E-state index contributed by atoms with van der Waals surface area (Å²) in [7, 11) is 0. The van der Waals surface area contributed by atoms with E-state index >= 15 is 0 Å². The molecule has 2 aromatic rings. The molecular formula is C12H9ClFN3O2. The predicted molar refractivity (Wildman–Crippen MR) is 69.6 cm³/mol. The summed E-state index contributed by atoms with van der Waals surface area (Å²) >= 11 is 5.69. The second-order valence-corrected chi connectivity index (χ2v) is 4.16. The summed E-state index contributed by atoms with van der Waals surface area (Å²) < 4.78 is 13.0. The average Bonchev–Trinajstić information content (AvgIpc) is 2.36. The van der Waals surface area contributed by atoms with E-state index in [-0.39, 0.29) is 22.5 Å². The number of nitro groups is 1. The molecule has 0 aliphatic heterocycles. The van der Waals surface area contributed by atoms with Crippen molar-refractivity contribution in [3.05, 3.63) is 63.0 Å². The van der Waals surface area contributed by atoms with Gasteiger partial charge in [0.25, 0.3) is 5.69 Å². The number of rotatable bonds is 4. The van der Waals surface area contributed by atoms with E-state index < -0.39 is 4.92 Å². The van der Waals surface area contributed by atoms with Crippen LogP contribution in [0.5, 0.6) is 0 Å². The van der Waals surface area contributed by atoms with Gasteiger partial charge in [0.2, 0.25) is 0 Å². The van der Waals surface area contributed by atoms with Crippen LogP contribution < -0.4 is 5.32 Å². The molecular weight excluding hydrogens is 273 g/mol. The molecule has 98 valence electrons. The van der Waals surface area contributed by atoms with Crippen LogP contribution in [0.2, 0.25) is 5.15 Å². The predicted octanol–water partition coefficient (Wildman–Crippen LogP) is 3.39. The highest BCUT2D eigenvalue weighted by Gasteiger charge is 2.10. The third kappa shape index (κ3) is 3.62. The first-order valence-electron chi connectivity index (χ1n) is 5.35. The van der Waals surface area contributed by atoms with Crippen molar-refractivity contribution in [2.45, 2.75) is 6.54 Å². The standard InChI is InChI=1S/C12H9ClFN3O2/c13-11-5-10(17(18)19)6-12(16-11)15-7-8-2-1-3-9(14)4-8/h1-6H,7H2,(H,15,16). The first-order valence-corrected chi connectivity index (χ1v) is 5.73. The van der Waals surface area contributed by atoms with E-state index in [0.717, 1.165) is 6.07 Å². The molecule has 0 saturated heterocycles. The number of pyridine rings is 1. The molecule has 0 atom stereocenters. The first kappa shape index (κ1) is 13.2. The van der Waals surface area contributed by atoms with Gasteiger partial charge in [0.05, 0.1) is 17.1 Å². The summed E-state index contributed by atoms with van der Waals surface area (Å²) in [6, 6.07) is 8.45. The minimum Gasteiger partial charge on any atom is -0.366 e. The molecule has 0 unspecified atom stereocenters. The Morgan fingerprint density at radius 3 is 2.84 bits per heavy atom. The van der Waals surface area contributed by atoms with E-state index in [1.807, 2.05) is 0 Å². The maximum absolute atomic E-state index is 13.0. The topological polar surface area (TPSA) is 68.1 Å². The lowest BCUT2D eigenvalue weighted by atomic mass is 10.2. The van der Waals surface area contributed by atoms with Gasteiger partial charge in [0, 0.05) is 6.54 Å². The van der Waals surface area contributed by atoms with Gasteiger partial charge in [0.15, 0.2) is 0 Å². The number of nitrogens with zero attached hydrogens (tertiary/aromatic N) is 2. The zero-order valence-electron chi connectivity index (χ0n) is 9.64. The second-order valence-electron chi connectivity index (χ2n) is 3.77. The number of nitrogens with one attached hydrogen (secondary N) is 1. The Balaban J connectivity index is 2.13. The summed E-state index contributed by atoms with van der Waals surface area (Å²) in [5.41, 5.74) is 0.547. The van der Waals surface area contributed by atoms with Gasteiger partial charge in [-0.1, -0.05) is 23.7 Å². The Morgan fingerprint density at radius 2 is 2.16 bits per heavy atom. The Hall–Kier alpha value is -2.21. The maximum atomic E-state index is 13.0.